The highest BCUT2D eigenvalue weighted by Gasteiger charge is 2.18. The fourth-order valence-electron chi connectivity index (χ4n) is 2.66. The van der Waals surface area contributed by atoms with Crippen LogP contribution in [0.5, 0.6) is 0 Å². The number of aromatic nitrogens is 2. The quantitative estimate of drug-likeness (QED) is 0.754. The summed E-state index contributed by atoms with van der Waals surface area (Å²) in [7, 11) is 0. The first-order valence-electron chi connectivity index (χ1n) is 6.74. The van der Waals surface area contributed by atoms with E-state index in [4.69, 9.17) is 0 Å². The molecule has 4 rings (SSSR count). The number of carbonyl (C=O) groups excluding carboxylic acids is 1. The van der Waals surface area contributed by atoms with Gasteiger partial charge in [0.25, 0.3) is 0 Å². The van der Waals surface area contributed by atoms with Gasteiger partial charge in [-0.3, -0.25) is 4.79 Å². The Bertz CT molecular complexity index is 867. The van der Waals surface area contributed by atoms with Gasteiger partial charge in [-0.25, -0.2) is 4.98 Å². The molecule has 1 aliphatic rings. The van der Waals surface area contributed by atoms with Crippen LogP contribution < -0.4 is 5.32 Å². The lowest BCUT2D eigenvalue weighted by atomic mass is 10.1. The fourth-order valence-corrected chi connectivity index (χ4v) is 2.66. The summed E-state index contributed by atoms with van der Waals surface area (Å²) in [6.45, 7) is 0.01000. The van der Waals surface area contributed by atoms with Crippen molar-refractivity contribution in [3.05, 3.63) is 53.9 Å². The van der Waals surface area contributed by atoms with Gasteiger partial charge in [0.05, 0.1) is 18.7 Å². The lowest BCUT2D eigenvalue weighted by Crippen LogP contribution is -2.03. The summed E-state index contributed by atoms with van der Waals surface area (Å²) in [6, 6.07) is 9.62. The SMILES string of the molecule is O=C1Cc2cc(-c3cn4cc(CO)ccc4n3)ccc2N1. The van der Waals surface area contributed by atoms with Crippen LogP contribution >= 0.6 is 0 Å². The number of aliphatic hydroxyl groups is 1. The smallest absolute Gasteiger partial charge is 0.228 e. The maximum absolute atomic E-state index is 11.4. The van der Waals surface area contributed by atoms with E-state index in [-0.39, 0.29) is 12.5 Å². The monoisotopic (exact) mass is 279 g/mol. The number of nitrogens with zero attached hydrogens (tertiary/aromatic N) is 2. The lowest BCUT2D eigenvalue weighted by Gasteiger charge is -2.00. The van der Waals surface area contributed by atoms with Crippen LogP contribution in [0, 0.1) is 0 Å². The molecule has 0 bridgehead atoms. The van der Waals surface area contributed by atoms with Crippen molar-refractivity contribution in [2.75, 3.05) is 5.32 Å². The Labute approximate surface area is 120 Å². The summed E-state index contributed by atoms with van der Waals surface area (Å²) in [5, 5.41) is 12.0. The molecule has 1 aliphatic heterocycles. The van der Waals surface area contributed by atoms with Gasteiger partial charge in [-0.15, -0.1) is 0 Å². The molecular formula is C16H13N3O2. The summed E-state index contributed by atoms with van der Waals surface area (Å²) in [5.41, 5.74) is 5.40. The van der Waals surface area contributed by atoms with E-state index >= 15 is 0 Å². The van der Waals surface area contributed by atoms with Crippen LogP contribution in [0.2, 0.25) is 0 Å². The number of fused-ring (bicyclic) bond motifs is 2. The first-order chi connectivity index (χ1) is 10.2. The Balaban J connectivity index is 1.80. The Morgan fingerprint density at radius 1 is 1.24 bits per heavy atom. The molecule has 2 N–H and O–H groups in total. The second-order valence-corrected chi connectivity index (χ2v) is 5.18. The average Bonchev–Trinajstić information content (AvgIpc) is 3.07. The third kappa shape index (κ3) is 1.98. The largest absolute Gasteiger partial charge is 0.392 e. The highest BCUT2D eigenvalue weighted by atomic mass is 16.3. The normalized spacial score (nSPS) is 13.5. The molecule has 1 aromatic carbocycles. The van der Waals surface area contributed by atoms with Gasteiger partial charge in [-0.2, -0.15) is 0 Å². The molecule has 0 aliphatic carbocycles. The number of nitrogens with one attached hydrogen (secondary N) is 1. The van der Waals surface area contributed by atoms with Crippen molar-refractivity contribution in [1.82, 2.24) is 9.38 Å². The van der Waals surface area contributed by atoms with Crippen molar-refractivity contribution in [1.29, 1.82) is 0 Å². The molecule has 0 fully saturated rings. The molecule has 3 heterocycles. The second kappa shape index (κ2) is 4.43. The topological polar surface area (TPSA) is 66.6 Å². The van der Waals surface area contributed by atoms with Crippen LogP contribution in [0.4, 0.5) is 5.69 Å². The maximum atomic E-state index is 11.4. The number of carbonyl (C=O) groups is 1. The number of rotatable bonds is 2. The maximum Gasteiger partial charge on any atom is 0.228 e. The number of imidazole rings is 1. The van der Waals surface area contributed by atoms with Crippen LogP contribution in [-0.4, -0.2) is 20.4 Å². The van der Waals surface area contributed by atoms with E-state index in [1.54, 1.807) is 0 Å². The van der Waals surface area contributed by atoms with Crippen LogP contribution in [-0.2, 0) is 17.8 Å². The van der Waals surface area contributed by atoms with E-state index in [0.717, 1.165) is 33.7 Å². The number of anilines is 1. The average molecular weight is 279 g/mol. The van der Waals surface area contributed by atoms with E-state index in [1.807, 2.05) is 47.1 Å². The predicted octanol–water partition coefficient (Wildman–Crippen LogP) is 1.99. The van der Waals surface area contributed by atoms with E-state index < -0.39 is 0 Å². The van der Waals surface area contributed by atoms with Gasteiger partial charge >= 0.3 is 0 Å². The zero-order valence-electron chi connectivity index (χ0n) is 11.2. The summed E-state index contributed by atoms with van der Waals surface area (Å²) >= 11 is 0. The van der Waals surface area contributed by atoms with E-state index in [2.05, 4.69) is 10.3 Å². The molecule has 21 heavy (non-hydrogen) atoms. The standard InChI is InChI=1S/C16H13N3O2/c20-9-10-1-4-15-17-14(8-19(15)7-10)11-2-3-13-12(5-11)6-16(21)18-13/h1-5,7-8,20H,6,9H2,(H,18,21). The van der Waals surface area contributed by atoms with Gasteiger partial charge in [-0.05, 0) is 29.3 Å². The Hall–Kier alpha value is -2.66. The molecule has 2 aromatic heterocycles. The van der Waals surface area contributed by atoms with Crippen LogP contribution in [0.1, 0.15) is 11.1 Å². The van der Waals surface area contributed by atoms with Gasteiger partial charge in [0.2, 0.25) is 5.91 Å². The molecule has 1 amide bonds. The highest BCUT2D eigenvalue weighted by molar-refractivity contribution is 5.99. The second-order valence-electron chi connectivity index (χ2n) is 5.18. The molecule has 5 nitrogen and oxygen atoms in total. The Morgan fingerprint density at radius 3 is 3.00 bits per heavy atom. The minimum Gasteiger partial charge on any atom is -0.392 e. The van der Waals surface area contributed by atoms with Gasteiger partial charge < -0.3 is 14.8 Å². The first-order valence-corrected chi connectivity index (χ1v) is 6.74. The Morgan fingerprint density at radius 2 is 2.14 bits per heavy atom. The number of pyridine rings is 1. The molecule has 0 saturated heterocycles. The van der Waals surface area contributed by atoms with Crippen molar-refractivity contribution >= 4 is 17.2 Å². The summed E-state index contributed by atoms with van der Waals surface area (Å²) in [4.78, 5) is 16.0. The minimum atomic E-state index is 0.01000. The Kier molecular flexibility index (Phi) is 2.55. The molecule has 0 radical (unpaired) electrons. The van der Waals surface area contributed by atoms with E-state index in [0.29, 0.717) is 6.42 Å². The molecule has 3 aromatic rings. The number of aliphatic hydroxyl groups excluding tert-OH is 1. The van der Waals surface area contributed by atoms with E-state index in [1.165, 1.54) is 0 Å². The predicted molar refractivity (Wildman–Crippen MR) is 78.9 cm³/mol. The zero-order valence-corrected chi connectivity index (χ0v) is 11.2. The third-order valence-corrected chi connectivity index (χ3v) is 3.72. The summed E-state index contributed by atoms with van der Waals surface area (Å²) in [5.74, 6) is 0.0322. The van der Waals surface area contributed by atoms with Crippen molar-refractivity contribution < 1.29 is 9.90 Å². The van der Waals surface area contributed by atoms with Gasteiger partial charge in [0.1, 0.15) is 5.65 Å². The summed E-state index contributed by atoms with van der Waals surface area (Å²) < 4.78 is 1.90. The van der Waals surface area contributed by atoms with Crippen molar-refractivity contribution in [3.63, 3.8) is 0 Å². The number of hydrogen-bond donors (Lipinski definition) is 2. The molecule has 104 valence electrons. The molecule has 0 unspecified atom stereocenters. The van der Waals surface area contributed by atoms with Gasteiger partial charge in [0, 0.05) is 23.6 Å². The first kappa shape index (κ1) is 12.1. The molecular weight excluding hydrogens is 266 g/mol. The fraction of sp³-hybridized carbons (Fsp3) is 0.125. The number of amides is 1. The van der Waals surface area contributed by atoms with Gasteiger partial charge in [-0.1, -0.05) is 12.1 Å². The van der Waals surface area contributed by atoms with Crippen molar-refractivity contribution in [2.45, 2.75) is 13.0 Å². The van der Waals surface area contributed by atoms with Crippen LogP contribution in [0.25, 0.3) is 16.9 Å². The molecule has 0 spiro atoms. The molecule has 0 saturated carbocycles. The van der Waals surface area contributed by atoms with Crippen molar-refractivity contribution in [2.24, 2.45) is 0 Å². The zero-order chi connectivity index (χ0) is 14.4. The third-order valence-electron chi connectivity index (χ3n) is 3.72. The van der Waals surface area contributed by atoms with Crippen molar-refractivity contribution in [3.8, 4) is 11.3 Å². The summed E-state index contributed by atoms with van der Waals surface area (Å²) in [6.07, 6.45) is 4.22. The lowest BCUT2D eigenvalue weighted by molar-refractivity contribution is -0.115. The number of benzene rings is 1. The molecule has 5 heteroatoms. The van der Waals surface area contributed by atoms with Crippen LogP contribution in [0.15, 0.2) is 42.7 Å². The minimum absolute atomic E-state index is 0.01000. The van der Waals surface area contributed by atoms with E-state index in [9.17, 15) is 9.90 Å². The van der Waals surface area contributed by atoms with Gasteiger partial charge in [0.15, 0.2) is 0 Å². The van der Waals surface area contributed by atoms with Crippen LogP contribution in [0.3, 0.4) is 0 Å². The number of hydrogen-bond acceptors (Lipinski definition) is 3. The molecule has 0 atom stereocenters. The highest BCUT2D eigenvalue weighted by Crippen LogP contribution is 2.28.